The lowest BCUT2D eigenvalue weighted by Crippen LogP contribution is -2.22. The van der Waals surface area contributed by atoms with Gasteiger partial charge in [-0.1, -0.05) is 12.1 Å². The van der Waals surface area contributed by atoms with Crippen molar-refractivity contribution in [2.24, 2.45) is 7.05 Å². The molecule has 98 valence electrons. The van der Waals surface area contributed by atoms with E-state index in [1.165, 1.54) is 5.56 Å². The molecule has 0 spiro atoms. The van der Waals surface area contributed by atoms with Crippen LogP contribution in [-0.4, -0.2) is 31.8 Å². The van der Waals surface area contributed by atoms with Gasteiger partial charge in [0.2, 0.25) is 0 Å². The molecule has 0 aromatic carbocycles. The van der Waals surface area contributed by atoms with Gasteiger partial charge in [0.15, 0.2) is 0 Å². The second-order valence-corrected chi connectivity index (χ2v) is 4.45. The monoisotopic (exact) mass is 248 g/mol. The van der Waals surface area contributed by atoms with Crippen LogP contribution in [0.4, 0.5) is 0 Å². The van der Waals surface area contributed by atoms with Crippen LogP contribution in [0.1, 0.15) is 36.3 Å². The van der Waals surface area contributed by atoms with Gasteiger partial charge in [-0.3, -0.25) is 4.68 Å². The summed E-state index contributed by atoms with van der Waals surface area (Å²) >= 11 is 0. The van der Waals surface area contributed by atoms with E-state index in [4.69, 9.17) is 0 Å². The van der Waals surface area contributed by atoms with Gasteiger partial charge in [-0.2, -0.15) is 5.10 Å². The molecule has 0 saturated carbocycles. The minimum absolute atomic E-state index is 0.0836. The maximum absolute atomic E-state index is 4.39. The van der Waals surface area contributed by atoms with Gasteiger partial charge in [-0.15, -0.1) is 5.10 Å². The molecular weight excluding hydrogens is 228 g/mol. The van der Waals surface area contributed by atoms with Crippen LogP contribution in [0, 0.1) is 6.92 Å². The SMILES string of the molecule is CCCn1nncc1C(NC)c1cn(C)nc1C. The molecule has 0 radical (unpaired) electrons. The second-order valence-electron chi connectivity index (χ2n) is 4.45. The smallest absolute Gasteiger partial charge is 0.0803 e. The van der Waals surface area contributed by atoms with Crippen molar-refractivity contribution < 1.29 is 0 Å². The molecule has 0 bridgehead atoms. The summed E-state index contributed by atoms with van der Waals surface area (Å²) in [4.78, 5) is 0. The molecule has 1 atom stereocenters. The summed E-state index contributed by atoms with van der Waals surface area (Å²) in [6, 6.07) is 0.0836. The highest BCUT2D eigenvalue weighted by atomic mass is 15.4. The lowest BCUT2D eigenvalue weighted by molar-refractivity contribution is 0.522. The summed E-state index contributed by atoms with van der Waals surface area (Å²) in [6.45, 7) is 5.04. The molecule has 6 heteroatoms. The molecule has 0 aliphatic carbocycles. The van der Waals surface area contributed by atoms with Gasteiger partial charge in [0, 0.05) is 25.4 Å². The number of hydrogen-bond donors (Lipinski definition) is 1. The first kappa shape index (κ1) is 12.8. The highest BCUT2D eigenvalue weighted by Gasteiger charge is 2.20. The highest BCUT2D eigenvalue weighted by molar-refractivity contribution is 5.27. The van der Waals surface area contributed by atoms with Crippen LogP contribution in [0.5, 0.6) is 0 Å². The summed E-state index contributed by atoms with van der Waals surface area (Å²) in [5.41, 5.74) is 3.27. The first-order chi connectivity index (χ1) is 8.67. The molecule has 1 unspecified atom stereocenters. The maximum Gasteiger partial charge on any atom is 0.0803 e. The molecule has 0 aliphatic heterocycles. The van der Waals surface area contributed by atoms with E-state index in [1.54, 1.807) is 0 Å². The average Bonchev–Trinajstić information content (AvgIpc) is 2.89. The normalized spacial score (nSPS) is 12.9. The van der Waals surface area contributed by atoms with E-state index in [-0.39, 0.29) is 6.04 Å². The third-order valence-corrected chi connectivity index (χ3v) is 3.03. The molecule has 1 N–H and O–H groups in total. The van der Waals surface area contributed by atoms with Gasteiger partial charge < -0.3 is 5.32 Å². The van der Waals surface area contributed by atoms with Gasteiger partial charge in [0.1, 0.15) is 0 Å². The van der Waals surface area contributed by atoms with Crippen LogP contribution in [0.2, 0.25) is 0 Å². The fraction of sp³-hybridized carbons (Fsp3) is 0.583. The number of rotatable bonds is 5. The zero-order valence-electron chi connectivity index (χ0n) is 11.4. The van der Waals surface area contributed by atoms with Crippen molar-refractivity contribution in [3.63, 3.8) is 0 Å². The Morgan fingerprint density at radius 1 is 1.44 bits per heavy atom. The topological polar surface area (TPSA) is 60.6 Å². The van der Waals surface area contributed by atoms with Crippen molar-refractivity contribution in [1.29, 1.82) is 0 Å². The summed E-state index contributed by atoms with van der Waals surface area (Å²) in [6.07, 6.45) is 4.90. The molecule has 6 nitrogen and oxygen atoms in total. The van der Waals surface area contributed by atoms with Crippen molar-refractivity contribution in [2.45, 2.75) is 32.9 Å². The van der Waals surface area contributed by atoms with E-state index in [1.807, 2.05) is 42.8 Å². The summed E-state index contributed by atoms with van der Waals surface area (Å²) in [5.74, 6) is 0. The third kappa shape index (κ3) is 2.28. The molecule has 2 aromatic rings. The molecule has 0 amide bonds. The minimum atomic E-state index is 0.0836. The van der Waals surface area contributed by atoms with E-state index in [9.17, 15) is 0 Å². The van der Waals surface area contributed by atoms with Crippen LogP contribution in [-0.2, 0) is 13.6 Å². The predicted molar refractivity (Wildman–Crippen MR) is 69.2 cm³/mol. The molecular formula is C12H20N6. The number of nitrogens with zero attached hydrogens (tertiary/aromatic N) is 5. The van der Waals surface area contributed by atoms with Gasteiger partial charge >= 0.3 is 0 Å². The first-order valence-electron chi connectivity index (χ1n) is 6.23. The van der Waals surface area contributed by atoms with Crippen molar-refractivity contribution in [3.8, 4) is 0 Å². The molecule has 18 heavy (non-hydrogen) atoms. The maximum atomic E-state index is 4.39. The van der Waals surface area contributed by atoms with E-state index in [0.717, 1.165) is 24.4 Å². The largest absolute Gasteiger partial charge is 0.308 e. The quantitative estimate of drug-likeness (QED) is 0.859. The average molecular weight is 248 g/mol. The zero-order valence-corrected chi connectivity index (χ0v) is 11.4. The van der Waals surface area contributed by atoms with E-state index in [2.05, 4.69) is 27.7 Å². The Morgan fingerprint density at radius 3 is 2.78 bits per heavy atom. The van der Waals surface area contributed by atoms with Crippen molar-refractivity contribution >= 4 is 0 Å². The number of nitrogens with one attached hydrogen (secondary N) is 1. The van der Waals surface area contributed by atoms with Crippen LogP contribution in [0.15, 0.2) is 12.4 Å². The lowest BCUT2D eigenvalue weighted by Gasteiger charge is -2.16. The fourth-order valence-corrected chi connectivity index (χ4v) is 2.24. The Hall–Kier alpha value is -1.69. The Bertz CT molecular complexity index is 512. The van der Waals surface area contributed by atoms with Gasteiger partial charge in [-0.25, -0.2) is 4.68 Å². The molecule has 2 heterocycles. The Labute approximate surface area is 107 Å². The predicted octanol–water partition coefficient (Wildman–Crippen LogP) is 1.04. The first-order valence-corrected chi connectivity index (χ1v) is 6.23. The number of aromatic nitrogens is 5. The molecule has 0 aliphatic rings. The molecule has 2 rings (SSSR count). The van der Waals surface area contributed by atoms with Crippen LogP contribution in [0.25, 0.3) is 0 Å². The Kier molecular flexibility index (Phi) is 3.76. The van der Waals surface area contributed by atoms with Gasteiger partial charge in [0.25, 0.3) is 0 Å². The standard InChI is InChI=1S/C12H20N6/c1-5-6-18-11(7-14-16-18)12(13-3)10-8-17(4)15-9(10)2/h7-8,12-13H,5-6H2,1-4H3. The fourth-order valence-electron chi connectivity index (χ4n) is 2.24. The highest BCUT2D eigenvalue weighted by Crippen LogP contribution is 2.23. The van der Waals surface area contributed by atoms with Crippen LogP contribution < -0.4 is 5.32 Å². The summed E-state index contributed by atoms with van der Waals surface area (Å²) < 4.78 is 3.79. The van der Waals surface area contributed by atoms with Gasteiger partial charge in [-0.05, 0) is 20.4 Å². The number of aryl methyl sites for hydroxylation is 3. The number of hydrogen-bond acceptors (Lipinski definition) is 4. The van der Waals surface area contributed by atoms with Crippen LogP contribution >= 0.6 is 0 Å². The Balaban J connectivity index is 2.39. The summed E-state index contributed by atoms with van der Waals surface area (Å²) in [7, 11) is 3.88. The molecule has 0 fully saturated rings. The van der Waals surface area contributed by atoms with E-state index in [0.29, 0.717) is 0 Å². The molecule has 0 saturated heterocycles. The second kappa shape index (κ2) is 5.30. The Morgan fingerprint density at radius 2 is 2.22 bits per heavy atom. The third-order valence-electron chi connectivity index (χ3n) is 3.03. The van der Waals surface area contributed by atoms with E-state index < -0.39 is 0 Å². The minimum Gasteiger partial charge on any atom is -0.308 e. The lowest BCUT2D eigenvalue weighted by atomic mass is 10.1. The van der Waals surface area contributed by atoms with Gasteiger partial charge in [0.05, 0.1) is 23.6 Å². The zero-order chi connectivity index (χ0) is 13.1. The van der Waals surface area contributed by atoms with Crippen molar-refractivity contribution in [1.82, 2.24) is 30.1 Å². The van der Waals surface area contributed by atoms with Crippen molar-refractivity contribution in [3.05, 3.63) is 29.3 Å². The van der Waals surface area contributed by atoms with E-state index >= 15 is 0 Å². The summed E-state index contributed by atoms with van der Waals surface area (Å²) in [5, 5.41) is 15.9. The van der Waals surface area contributed by atoms with Crippen molar-refractivity contribution in [2.75, 3.05) is 7.05 Å². The van der Waals surface area contributed by atoms with Crippen LogP contribution in [0.3, 0.4) is 0 Å². The molecule has 2 aromatic heterocycles.